The van der Waals surface area contributed by atoms with E-state index in [-0.39, 0.29) is 17.2 Å². The van der Waals surface area contributed by atoms with Crippen molar-refractivity contribution in [1.29, 1.82) is 0 Å². The largest absolute Gasteiger partial charge is 0.491 e. The molecule has 1 aliphatic heterocycles. The fourth-order valence-electron chi connectivity index (χ4n) is 2.23. The van der Waals surface area contributed by atoms with Gasteiger partial charge in [0, 0.05) is 5.75 Å². The molecular weight excluding hydrogens is 311 g/mol. The Morgan fingerprint density at radius 2 is 1.70 bits per heavy atom. The minimum Gasteiger partial charge on any atom is -0.465 e. The molecule has 0 bridgehead atoms. The maximum absolute atomic E-state index is 11.5. The molecule has 124 valence electrons. The molecule has 1 fully saturated rings. The first kappa shape index (κ1) is 18.1. The number of ether oxygens (including phenoxy) is 1. The molecule has 1 saturated heterocycles. The molecule has 1 aromatic rings. The summed E-state index contributed by atoms with van der Waals surface area (Å²) >= 11 is 4.40. The Kier molecular flexibility index (Phi) is 5.28. The van der Waals surface area contributed by atoms with Gasteiger partial charge in [0.15, 0.2) is 0 Å². The first-order valence-electron chi connectivity index (χ1n) is 7.55. The smallest absolute Gasteiger partial charge is 0.465 e. The molecule has 1 aromatic carbocycles. The third-order valence-electron chi connectivity index (χ3n) is 4.42. The molecule has 23 heavy (non-hydrogen) atoms. The van der Waals surface area contributed by atoms with Gasteiger partial charge < -0.3 is 14.0 Å². The molecule has 0 amide bonds. The topological polar surface area (TPSA) is 44.8 Å². The summed E-state index contributed by atoms with van der Waals surface area (Å²) in [4.78, 5) is 11.5. The van der Waals surface area contributed by atoms with E-state index >= 15 is 0 Å². The maximum Gasteiger partial charge on any atom is 0.491 e. The number of methoxy groups -OCH3 is 1. The Morgan fingerprint density at radius 3 is 2.13 bits per heavy atom. The van der Waals surface area contributed by atoms with E-state index in [1.54, 1.807) is 12.1 Å². The van der Waals surface area contributed by atoms with Gasteiger partial charge in [0.05, 0.1) is 23.9 Å². The van der Waals surface area contributed by atoms with Gasteiger partial charge in [-0.25, -0.2) is 4.79 Å². The van der Waals surface area contributed by atoms with E-state index in [1.807, 2.05) is 45.9 Å². The minimum atomic E-state index is -0.419. The van der Waals surface area contributed by atoms with Crippen LogP contribution in [0.3, 0.4) is 0 Å². The molecule has 0 saturated carbocycles. The monoisotopic (exact) mass is 334 g/mol. The number of benzene rings is 1. The highest BCUT2D eigenvalue weighted by Gasteiger charge is 2.52. The average molecular weight is 334 g/mol. The molecule has 6 heteroatoms. The second-order valence-electron chi connectivity index (χ2n) is 6.58. The van der Waals surface area contributed by atoms with E-state index in [2.05, 4.69) is 12.6 Å². The average Bonchev–Trinajstić information content (AvgIpc) is 2.72. The van der Waals surface area contributed by atoms with Crippen LogP contribution in [-0.4, -0.2) is 37.2 Å². The van der Waals surface area contributed by atoms with E-state index in [9.17, 15) is 4.79 Å². The fraction of sp³-hybridized carbons (Fsp3) is 0.471. The Labute approximate surface area is 143 Å². The van der Waals surface area contributed by atoms with Crippen molar-refractivity contribution in [3.05, 3.63) is 40.9 Å². The molecule has 0 radical (unpaired) electrons. The highest BCUT2D eigenvalue weighted by molar-refractivity contribution is 7.80. The number of carbonyl (C=O) groups is 1. The van der Waals surface area contributed by atoms with Crippen molar-refractivity contribution in [3.8, 4) is 0 Å². The Balaban J connectivity index is 2.21. The lowest BCUT2D eigenvalue weighted by molar-refractivity contribution is 0.00578. The Bertz CT molecular complexity index is 592. The number of hydrogen-bond donors (Lipinski definition) is 1. The van der Waals surface area contributed by atoms with Gasteiger partial charge in [-0.15, -0.1) is 0 Å². The summed E-state index contributed by atoms with van der Waals surface area (Å²) in [6.07, 6.45) is 1.98. The van der Waals surface area contributed by atoms with Gasteiger partial charge in [0.1, 0.15) is 0 Å². The molecule has 0 atom stereocenters. The first-order valence-corrected chi connectivity index (χ1v) is 8.19. The molecule has 0 spiro atoms. The predicted molar refractivity (Wildman–Crippen MR) is 95.7 cm³/mol. The van der Waals surface area contributed by atoms with Gasteiger partial charge in [0.2, 0.25) is 0 Å². The normalized spacial score (nSPS) is 19.7. The lowest BCUT2D eigenvalue weighted by Gasteiger charge is -2.32. The van der Waals surface area contributed by atoms with Crippen LogP contribution in [0.2, 0.25) is 0 Å². The lowest BCUT2D eigenvalue weighted by Crippen LogP contribution is -2.41. The van der Waals surface area contributed by atoms with Crippen molar-refractivity contribution in [3.63, 3.8) is 0 Å². The SMILES string of the molecule is COC(=O)c1ccc(C=C(CS)B2OC(C)(C)C(C)(C)O2)cc1. The molecule has 4 nitrogen and oxygen atoms in total. The van der Waals surface area contributed by atoms with Gasteiger partial charge in [-0.3, -0.25) is 0 Å². The summed E-state index contributed by atoms with van der Waals surface area (Å²) < 4.78 is 16.8. The van der Waals surface area contributed by atoms with Crippen LogP contribution in [0.25, 0.3) is 6.08 Å². The third kappa shape index (κ3) is 3.82. The van der Waals surface area contributed by atoms with Crippen LogP contribution in [0.4, 0.5) is 0 Å². The minimum absolute atomic E-state index is 0.346. The van der Waals surface area contributed by atoms with Crippen LogP contribution in [0.5, 0.6) is 0 Å². The number of carbonyl (C=O) groups excluding carboxylic acids is 1. The van der Waals surface area contributed by atoms with Crippen LogP contribution >= 0.6 is 12.6 Å². The predicted octanol–water partition coefficient (Wildman–Crippen LogP) is 3.42. The molecule has 0 aliphatic carbocycles. The van der Waals surface area contributed by atoms with E-state index in [0.717, 1.165) is 11.0 Å². The number of thiol groups is 1. The standard InChI is InChI=1S/C17H23BO4S/c1-16(2)17(3,4)22-18(21-16)14(11-23)10-12-6-8-13(9-7-12)15(19)20-5/h6-10,23H,11H2,1-5H3. The van der Waals surface area contributed by atoms with Crippen molar-refractivity contribution >= 4 is 31.8 Å². The second-order valence-corrected chi connectivity index (χ2v) is 6.90. The second kappa shape index (κ2) is 6.71. The summed E-state index contributed by atoms with van der Waals surface area (Å²) in [7, 11) is 0.950. The Morgan fingerprint density at radius 1 is 1.17 bits per heavy atom. The van der Waals surface area contributed by atoms with Gasteiger partial charge in [-0.1, -0.05) is 18.2 Å². The molecule has 0 aromatic heterocycles. The van der Waals surface area contributed by atoms with E-state index in [0.29, 0.717) is 11.3 Å². The summed E-state index contributed by atoms with van der Waals surface area (Å²) in [6, 6.07) is 7.19. The zero-order valence-electron chi connectivity index (χ0n) is 14.3. The summed E-state index contributed by atoms with van der Waals surface area (Å²) in [5.74, 6) is 0.177. The van der Waals surface area contributed by atoms with Crippen LogP contribution in [0.1, 0.15) is 43.6 Å². The van der Waals surface area contributed by atoms with Crippen LogP contribution in [0.15, 0.2) is 29.7 Å². The van der Waals surface area contributed by atoms with E-state index in [1.165, 1.54) is 7.11 Å². The number of esters is 1. The van der Waals surface area contributed by atoms with Gasteiger partial charge in [-0.05, 0) is 50.9 Å². The summed E-state index contributed by atoms with van der Waals surface area (Å²) in [5, 5.41) is 0. The summed E-state index contributed by atoms with van der Waals surface area (Å²) in [6.45, 7) is 8.09. The summed E-state index contributed by atoms with van der Waals surface area (Å²) in [5.41, 5.74) is 1.66. The molecule has 0 unspecified atom stereocenters. The van der Waals surface area contributed by atoms with Gasteiger partial charge in [-0.2, -0.15) is 12.6 Å². The van der Waals surface area contributed by atoms with E-state index in [4.69, 9.17) is 14.0 Å². The van der Waals surface area contributed by atoms with Crippen molar-refractivity contribution < 1.29 is 18.8 Å². The highest BCUT2D eigenvalue weighted by atomic mass is 32.1. The maximum atomic E-state index is 11.5. The van der Waals surface area contributed by atoms with Crippen molar-refractivity contribution in [2.24, 2.45) is 0 Å². The molecule has 1 aliphatic rings. The van der Waals surface area contributed by atoms with Crippen molar-refractivity contribution in [2.75, 3.05) is 12.9 Å². The zero-order chi connectivity index (χ0) is 17.3. The molecule has 1 heterocycles. The quantitative estimate of drug-likeness (QED) is 0.521. The Hall–Kier alpha value is -1.24. The van der Waals surface area contributed by atoms with Gasteiger partial charge >= 0.3 is 13.1 Å². The van der Waals surface area contributed by atoms with E-state index < -0.39 is 7.12 Å². The van der Waals surface area contributed by atoms with Crippen molar-refractivity contribution in [2.45, 2.75) is 38.9 Å². The number of hydrogen-bond acceptors (Lipinski definition) is 5. The van der Waals surface area contributed by atoms with Crippen LogP contribution < -0.4 is 0 Å². The lowest BCUT2D eigenvalue weighted by atomic mass is 9.78. The van der Waals surface area contributed by atoms with Crippen LogP contribution in [0, 0.1) is 0 Å². The van der Waals surface area contributed by atoms with Crippen LogP contribution in [-0.2, 0) is 14.0 Å². The number of rotatable bonds is 4. The molecular formula is C17H23BO4S. The molecule has 0 N–H and O–H groups in total. The zero-order valence-corrected chi connectivity index (χ0v) is 15.1. The third-order valence-corrected chi connectivity index (χ3v) is 4.79. The van der Waals surface area contributed by atoms with Crippen molar-refractivity contribution in [1.82, 2.24) is 0 Å². The molecule has 2 rings (SSSR count). The van der Waals surface area contributed by atoms with Gasteiger partial charge in [0.25, 0.3) is 0 Å². The highest BCUT2D eigenvalue weighted by Crippen LogP contribution is 2.39. The fourth-order valence-corrected chi connectivity index (χ4v) is 2.47. The first-order chi connectivity index (χ1) is 10.7.